The van der Waals surface area contributed by atoms with E-state index >= 15 is 0 Å². The molecule has 0 bridgehead atoms. The molecule has 6 nitrogen and oxygen atoms in total. The monoisotopic (exact) mass is 463 g/mol. The molecule has 1 aliphatic rings. The molecule has 1 saturated heterocycles. The van der Waals surface area contributed by atoms with E-state index in [0.29, 0.717) is 31.0 Å². The molecule has 0 spiro atoms. The van der Waals surface area contributed by atoms with Crippen LogP contribution in [0.25, 0.3) is 0 Å². The average molecular weight is 463 g/mol. The summed E-state index contributed by atoms with van der Waals surface area (Å²) in [5.74, 6) is 2.22. The summed E-state index contributed by atoms with van der Waals surface area (Å²) in [7, 11) is 0. The quantitative estimate of drug-likeness (QED) is 0.293. The van der Waals surface area contributed by atoms with Crippen LogP contribution in [-0.2, 0) is 4.74 Å². The second kappa shape index (κ2) is 11.7. The Morgan fingerprint density at radius 3 is 2.88 bits per heavy atom. The van der Waals surface area contributed by atoms with Crippen LogP contribution < -0.4 is 5.32 Å². The lowest BCUT2D eigenvalue weighted by Gasteiger charge is -2.39. The van der Waals surface area contributed by atoms with Gasteiger partial charge < -0.3 is 19.5 Å². The van der Waals surface area contributed by atoms with Gasteiger partial charge in [0, 0.05) is 38.6 Å². The van der Waals surface area contributed by atoms with Gasteiger partial charge in [0.2, 0.25) is 0 Å². The minimum atomic E-state index is 0. The largest absolute Gasteiger partial charge is 0.379 e. The minimum Gasteiger partial charge on any atom is -0.379 e. The molecular formula is C18H34IN5O. The molecule has 2 unspecified atom stereocenters. The Kier molecular flexibility index (Phi) is 10.4. The fraction of sp³-hybridized carbons (Fsp3) is 0.778. The molecule has 1 N–H and O–H groups in total. The molecule has 0 radical (unpaired) electrons. The maximum absolute atomic E-state index is 5.64. The van der Waals surface area contributed by atoms with Crippen LogP contribution in [0.1, 0.15) is 40.2 Å². The third kappa shape index (κ3) is 7.13. The number of aromatic nitrogens is 2. The highest BCUT2D eigenvalue weighted by molar-refractivity contribution is 14.0. The van der Waals surface area contributed by atoms with Gasteiger partial charge in [-0.3, -0.25) is 4.99 Å². The first-order chi connectivity index (χ1) is 11.6. The zero-order valence-corrected chi connectivity index (χ0v) is 18.3. The van der Waals surface area contributed by atoms with Gasteiger partial charge in [-0.25, -0.2) is 4.98 Å². The van der Waals surface area contributed by atoms with E-state index in [1.54, 1.807) is 0 Å². The fourth-order valence-corrected chi connectivity index (χ4v) is 3.06. The van der Waals surface area contributed by atoms with Crippen molar-refractivity contribution in [2.24, 2.45) is 16.8 Å². The smallest absolute Gasteiger partial charge is 0.194 e. The molecule has 7 heteroatoms. The van der Waals surface area contributed by atoms with Gasteiger partial charge in [-0.05, 0) is 25.2 Å². The van der Waals surface area contributed by atoms with E-state index in [0.717, 1.165) is 38.6 Å². The van der Waals surface area contributed by atoms with Crippen LogP contribution in [0.3, 0.4) is 0 Å². The summed E-state index contributed by atoms with van der Waals surface area (Å²) in [5, 5.41) is 3.43. The van der Waals surface area contributed by atoms with Gasteiger partial charge in [-0.2, -0.15) is 0 Å². The SMILES string of the molecule is CCNC(=NCCOCC(C)C)N1CCC(C)C(n2ccnc2)C1.I. The van der Waals surface area contributed by atoms with E-state index in [-0.39, 0.29) is 24.0 Å². The topological polar surface area (TPSA) is 54.7 Å². The normalized spacial score (nSPS) is 21.3. The molecule has 2 rings (SSSR count). The maximum atomic E-state index is 5.64. The lowest BCUT2D eigenvalue weighted by molar-refractivity contribution is 0.116. The molecule has 2 heterocycles. The standard InChI is InChI=1S/C18H33N5O.HI/c1-5-20-18(21-8-11-24-13-15(2)3)22-9-6-16(4)17(12-22)23-10-7-19-14-23;/h7,10,14-17H,5-6,8-9,11-13H2,1-4H3,(H,20,21);1H. The van der Waals surface area contributed by atoms with Crippen LogP contribution >= 0.6 is 24.0 Å². The van der Waals surface area contributed by atoms with Crippen molar-refractivity contribution in [3.8, 4) is 0 Å². The Morgan fingerprint density at radius 2 is 2.24 bits per heavy atom. The number of halogens is 1. The molecule has 1 aliphatic heterocycles. The Labute approximate surface area is 169 Å². The van der Waals surface area contributed by atoms with Crippen LogP contribution in [0.15, 0.2) is 23.7 Å². The summed E-state index contributed by atoms with van der Waals surface area (Å²) in [5.41, 5.74) is 0. The second-order valence-corrected chi connectivity index (χ2v) is 6.99. The zero-order valence-electron chi connectivity index (χ0n) is 16.0. The number of guanidine groups is 1. The van der Waals surface area contributed by atoms with Crippen molar-refractivity contribution in [2.45, 2.75) is 40.2 Å². The highest BCUT2D eigenvalue weighted by atomic mass is 127. The Morgan fingerprint density at radius 1 is 1.44 bits per heavy atom. The van der Waals surface area contributed by atoms with E-state index in [1.807, 2.05) is 12.5 Å². The van der Waals surface area contributed by atoms with Crippen molar-refractivity contribution >= 4 is 29.9 Å². The van der Waals surface area contributed by atoms with Crippen molar-refractivity contribution < 1.29 is 4.74 Å². The average Bonchev–Trinajstić information content (AvgIpc) is 3.08. The lowest BCUT2D eigenvalue weighted by Crippen LogP contribution is -2.49. The lowest BCUT2D eigenvalue weighted by atomic mass is 9.93. The first-order valence-electron chi connectivity index (χ1n) is 9.20. The third-order valence-electron chi connectivity index (χ3n) is 4.41. The Balaban J connectivity index is 0.00000312. The number of nitrogens with zero attached hydrogens (tertiary/aromatic N) is 4. The molecular weight excluding hydrogens is 429 g/mol. The van der Waals surface area contributed by atoms with Gasteiger partial charge in [0.25, 0.3) is 0 Å². The van der Waals surface area contributed by atoms with Gasteiger partial charge in [-0.15, -0.1) is 24.0 Å². The zero-order chi connectivity index (χ0) is 17.4. The summed E-state index contributed by atoms with van der Waals surface area (Å²) in [6.45, 7) is 13.9. The summed E-state index contributed by atoms with van der Waals surface area (Å²) in [6, 6.07) is 0.447. The van der Waals surface area contributed by atoms with E-state index < -0.39 is 0 Å². The number of nitrogens with one attached hydrogen (secondary N) is 1. The predicted octanol–water partition coefficient (Wildman–Crippen LogP) is 3.02. The fourth-order valence-electron chi connectivity index (χ4n) is 3.06. The van der Waals surface area contributed by atoms with Crippen LogP contribution in [0.2, 0.25) is 0 Å². The van der Waals surface area contributed by atoms with Crippen LogP contribution in [0, 0.1) is 11.8 Å². The Bertz CT molecular complexity index is 492. The molecule has 2 atom stereocenters. The highest BCUT2D eigenvalue weighted by Crippen LogP contribution is 2.27. The van der Waals surface area contributed by atoms with Crippen molar-refractivity contribution in [1.29, 1.82) is 0 Å². The van der Waals surface area contributed by atoms with E-state index in [9.17, 15) is 0 Å². The highest BCUT2D eigenvalue weighted by Gasteiger charge is 2.28. The first-order valence-corrected chi connectivity index (χ1v) is 9.20. The van der Waals surface area contributed by atoms with Crippen LogP contribution in [-0.4, -0.2) is 59.8 Å². The van der Waals surface area contributed by atoms with Gasteiger partial charge in [0.05, 0.1) is 25.5 Å². The molecule has 0 aromatic carbocycles. The van der Waals surface area contributed by atoms with E-state index in [2.05, 4.69) is 53.7 Å². The van der Waals surface area contributed by atoms with Crippen LogP contribution in [0.4, 0.5) is 0 Å². The van der Waals surface area contributed by atoms with Crippen molar-refractivity contribution in [1.82, 2.24) is 19.8 Å². The summed E-state index contributed by atoms with van der Waals surface area (Å²) in [4.78, 5) is 11.3. The predicted molar refractivity (Wildman–Crippen MR) is 114 cm³/mol. The number of piperidine rings is 1. The second-order valence-electron chi connectivity index (χ2n) is 6.99. The maximum Gasteiger partial charge on any atom is 0.194 e. The summed E-state index contributed by atoms with van der Waals surface area (Å²) in [6.07, 6.45) is 7.01. The van der Waals surface area contributed by atoms with Crippen molar-refractivity contribution in [3.63, 3.8) is 0 Å². The van der Waals surface area contributed by atoms with Crippen LogP contribution in [0.5, 0.6) is 0 Å². The van der Waals surface area contributed by atoms with Crippen molar-refractivity contribution in [2.75, 3.05) is 39.4 Å². The summed E-state index contributed by atoms with van der Waals surface area (Å²) < 4.78 is 7.87. The molecule has 1 aromatic rings. The number of ether oxygens (including phenoxy) is 1. The first kappa shape index (κ1) is 22.2. The molecule has 25 heavy (non-hydrogen) atoms. The van der Waals surface area contributed by atoms with Gasteiger partial charge in [0.15, 0.2) is 5.96 Å². The molecule has 0 amide bonds. The van der Waals surface area contributed by atoms with Gasteiger partial charge in [0.1, 0.15) is 0 Å². The van der Waals surface area contributed by atoms with Gasteiger partial charge >= 0.3 is 0 Å². The van der Waals surface area contributed by atoms with Crippen molar-refractivity contribution in [3.05, 3.63) is 18.7 Å². The molecule has 144 valence electrons. The van der Waals surface area contributed by atoms with E-state index in [1.165, 1.54) is 0 Å². The number of imidazole rings is 1. The number of hydrogen-bond acceptors (Lipinski definition) is 3. The molecule has 0 aliphatic carbocycles. The number of likely N-dealkylation sites (tertiary alicyclic amines) is 1. The molecule has 1 aromatic heterocycles. The summed E-state index contributed by atoms with van der Waals surface area (Å²) >= 11 is 0. The van der Waals surface area contributed by atoms with Gasteiger partial charge in [-0.1, -0.05) is 20.8 Å². The minimum absolute atomic E-state index is 0. The molecule has 0 saturated carbocycles. The number of hydrogen-bond donors (Lipinski definition) is 1. The number of aliphatic imine (C=N–C) groups is 1. The molecule has 1 fully saturated rings. The van der Waals surface area contributed by atoms with E-state index in [4.69, 9.17) is 9.73 Å². The Hall–Kier alpha value is -0.830. The number of rotatable bonds is 7. The third-order valence-corrected chi connectivity index (χ3v) is 4.41.